The zero-order valence-corrected chi connectivity index (χ0v) is 16.7. The number of nitrogens with zero attached hydrogens (tertiary/aromatic N) is 6. The molecule has 9 heteroatoms. The molecule has 4 aromatic rings. The minimum Gasteiger partial charge on any atom is -0.354 e. The maximum atomic E-state index is 14.1. The van der Waals surface area contributed by atoms with Crippen LogP contribution in [-0.4, -0.2) is 38.5 Å². The van der Waals surface area contributed by atoms with Crippen molar-refractivity contribution < 1.29 is 8.78 Å². The second kappa shape index (κ2) is 9.21. The van der Waals surface area contributed by atoms with Crippen molar-refractivity contribution in [2.45, 2.75) is 6.42 Å². The third-order valence-electron chi connectivity index (χ3n) is 4.56. The molecule has 31 heavy (non-hydrogen) atoms. The summed E-state index contributed by atoms with van der Waals surface area (Å²) in [5.74, 6) is 0.371. The lowest BCUT2D eigenvalue weighted by atomic mass is 10.2. The molecule has 0 amide bonds. The van der Waals surface area contributed by atoms with E-state index in [9.17, 15) is 8.78 Å². The van der Waals surface area contributed by atoms with Crippen LogP contribution in [0.4, 0.5) is 26.4 Å². The Morgan fingerprint density at radius 3 is 2.52 bits per heavy atom. The molecule has 4 rings (SSSR count). The van der Waals surface area contributed by atoms with Crippen LogP contribution in [0.15, 0.2) is 67.3 Å². The maximum absolute atomic E-state index is 14.1. The van der Waals surface area contributed by atoms with Gasteiger partial charge in [0.15, 0.2) is 5.82 Å². The highest BCUT2D eigenvalue weighted by molar-refractivity contribution is 5.61. The van der Waals surface area contributed by atoms with Gasteiger partial charge in [0, 0.05) is 44.4 Å². The molecule has 0 unspecified atom stereocenters. The highest BCUT2D eigenvalue weighted by Crippen LogP contribution is 2.24. The number of hydrogen-bond acceptors (Lipinski definition) is 7. The van der Waals surface area contributed by atoms with E-state index in [-0.39, 0.29) is 11.4 Å². The van der Waals surface area contributed by atoms with Gasteiger partial charge in [0.05, 0.1) is 5.56 Å². The molecule has 0 bridgehead atoms. The number of rotatable bonds is 7. The molecule has 0 aliphatic rings. The predicted octanol–water partition coefficient (Wildman–Crippen LogP) is 4.03. The SMILES string of the molecule is CN(c1ccnc(NCCc2cccnc2)n1)c1ccnc(-c2ccc(F)cc2F)n1. The molecule has 0 aliphatic carbocycles. The van der Waals surface area contributed by atoms with E-state index in [0.29, 0.717) is 24.1 Å². The van der Waals surface area contributed by atoms with E-state index < -0.39 is 11.6 Å². The summed E-state index contributed by atoms with van der Waals surface area (Å²) in [7, 11) is 1.79. The zero-order valence-electron chi connectivity index (χ0n) is 16.7. The fourth-order valence-electron chi connectivity index (χ4n) is 2.94. The number of benzene rings is 1. The normalized spacial score (nSPS) is 10.7. The molecule has 3 heterocycles. The molecule has 0 aliphatic heterocycles. The van der Waals surface area contributed by atoms with E-state index in [0.717, 1.165) is 18.1 Å². The summed E-state index contributed by atoms with van der Waals surface area (Å²) in [5, 5.41) is 3.20. The van der Waals surface area contributed by atoms with Crippen LogP contribution in [0.5, 0.6) is 0 Å². The van der Waals surface area contributed by atoms with Crippen molar-refractivity contribution in [1.29, 1.82) is 0 Å². The molecule has 0 saturated heterocycles. The van der Waals surface area contributed by atoms with Gasteiger partial charge in [-0.3, -0.25) is 4.98 Å². The molecule has 0 fully saturated rings. The van der Waals surface area contributed by atoms with E-state index >= 15 is 0 Å². The molecule has 1 N–H and O–H groups in total. The van der Waals surface area contributed by atoms with Crippen molar-refractivity contribution in [2.24, 2.45) is 0 Å². The number of pyridine rings is 1. The van der Waals surface area contributed by atoms with Crippen LogP contribution in [0.25, 0.3) is 11.4 Å². The summed E-state index contributed by atoms with van der Waals surface area (Å²) in [6.07, 6.45) is 7.51. The van der Waals surface area contributed by atoms with Crippen molar-refractivity contribution in [3.8, 4) is 11.4 Å². The quantitative estimate of drug-likeness (QED) is 0.484. The van der Waals surface area contributed by atoms with Crippen molar-refractivity contribution >= 4 is 17.6 Å². The predicted molar refractivity (Wildman–Crippen MR) is 114 cm³/mol. The van der Waals surface area contributed by atoms with Gasteiger partial charge in [0.2, 0.25) is 5.95 Å². The summed E-state index contributed by atoms with van der Waals surface area (Å²) in [5.41, 5.74) is 1.24. The largest absolute Gasteiger partial charge is 0.354 e. The summed E-state index contributed by atoms with van der Waals surface area (Å²) in [4.78, 5) is 23.1. The van der Waals surface area contributed by atoms with Gasteiger partial charge in [0.1, 0.15) is 23.3 Å². The van der Waals surface area contributed by atoms with Gasteiger partial charge < -0.3 is 10.2 Å². The first-order valence-electron chi connectivity index (χ1n) is 9.58. The summed E-state index contributed by atoms with van der Waals surface area (Å²) in [6, 6.07) is 10.6. The summed E-state index contributed by atoms with van der Waals surface area (Å²) in [6.45, 7) is 0.653. The molecule has 3 aromatic heterocycles. The number of halogens is 2. The summed E-state index contributed by atoms with van der Waals surface area (Å²) < 4.78 is 27.3. The smallest absolute Gasteiger partial charge is 0.224 e. The van der Waals surface area contributed by atoms with Gasteiger partial charge in [-0.15, -0.1) is 0 Å². The van der Waals surface area contributed by atoms with Gasteiger partial charge in [-0.05, 0) is 42.3 Å². The molecule has 0 spiro atoms. The van der Waals surface area contributed by atoms with E-state index in [1.54, 1.807) is 36.5 Å². The Balaban J connectivity index is 1.49. The van der Waals surface area contributed by atoms with Crippen LogP contribution in [0.3, 0.4) is 0 Å². The van der Waals surface area contributed by atoms with Crippen LogP contribution in [0, 0.1) is 11.6 Å². The van der Waals surface area contributed by atoms with Gasteiger partial charge in [0.25, 0.3) is 0 Å². The van der Waals surface area contributed by atoms with Crippen molar-refractivity contribution in [2.75, 3.05) is 23.8 Å². The molecular weight excluding hydrogens is 400 g/mol. The lowest BCUT2D eigenvalue weighted by molar-refractivity contribution is 0.585. The van der Waals surface area contributed by atoms with Gasteiger partial charge in [-0.25, -0.2) is 23.7 Å². The maximum Gasteiger partial charge on any atom is 0.224 e. The van der Waals surface area contributed by atoms with Crippen molar-refractivity contribution in [1.82, 2.24) is 24.9 Å². The van der Waals surface area contributed by atoms with Crippen molar-refractivity contribution in [3.63, 3.8) is 0 Å². The first kappa shape index (κ1) is 20.3. The fourth-order valence-corrected chi connectivity index (χ4v) is 2.94. The lowest BCUT2D eigenvalue weighted by Gasteiger charge is -2.18. The average Bonchev–Trinajstić information content (AvgIpc) is 2.80. The molecular formula is C22H19F2N7. The van der Waals surface area contributed by atoms with Gasteiger partial charge >= 0.3 is 0 Å². The first-order valence-corrected chi connectivity index (χ1v) is 9.58. The van der Waals surface area contributed by atoms with Crippen LogP contribution in [0.1, 0.15) is 5.56 Å². The monoisotopic (exact) mass is 419 g/mol. The van der Waals surface area contributed by atoms with Gasteiger partial charge in [-0.2, -0.15) is 4.98 Å². The molecule has 156 valence electrons. The molecule has 7 nitrogen and oxygen atoms in total. The van der Waals surface area contributed by atoms with E-state index in [4.69, 9.17) is 0 Å². The average molecular weight is 419 g/mol. The minimum atomic E-state index is -0.720. The number of nitrogens with one attached hydrogen (secondary N) is 1. The topological polar surface area (TPSA) is 79.7 Å². The van der Waals surface area contributed by atoms with E-state index in [2.05, 4.69) is 30.2 Å². The first-order chi connectivity index (χ1) is 15.1. The zero-order chi connectivity index (χ0) is 21.6. The number of anilines is 3. The van der Waals surface area contributed by atoms with Crippen LogP contribution in [0.2, 0.25) is 0 Å². The van der Waals surface area contributed by atoms with Crippen LogP contribution < -0.4 is 10.2 Å². The van der Waals surface area contributed by atoms with E-state index in [1.807, 2.05) is 18.3 Å². The van der Waals surface area contributed by atoms with Crippen molar-refractivity contribution in [3.05, 3.63) is 84.4 Å². The number of hydrogen-bond donors (Lipinski definition) is 1. The Labute approximate surface area is 177 Å². The third-order valence-corrected chi connectivity index (χ3v) is 4.56. The Hall–Kier alpha value is -4.01. The van der Waals surface area contributed by atoms with Crippen LogP contribution in [-0.2, 0) is 6.42 Å². The standard InChI is InChI=1S/C22H19F2N7/c1-31(19-7-11-26-21(29-19)17-5-4-16(23)13-18(17)24)20-8-12-28-22(30-20)27-10-6-15-3-2-9-25-14-15/h2-5,7-9,11-14H,6,10H2,1H3,(H,27,28,30). The summed E-state index contributed by atoms with van der Waals surface area (Å²) >= 11 is 0. The minimum absolute atomic E-state index is 0.122. The Bertz CT molecular complexity index is 1170. The molecule has 0 atom stereocenters. The molecule has 0 radical (unpaired) electrons. The Morgan fingerprint density at radius 2 is 1.74 bits per heavy atom. The second-order valence-electron chi connectivity index (χ2n) is 6.70. The second-order valence-corrected chi connectivity index (χ2v) is 6.70. The highest BCUT2D eigenvalue weighted by Gasteiger charge is 2.13. The fraction of sp³-hybridized carbons (Fsp3) is 0.136. The van der Waals surface area contributed by atoms with E-state index in [1.165, 1.54) is 18.3 Å². The lowest BCUT2D eigenvalue weighted by Crippen LogP contribution is -2.15. The van der Waals surface area contributed by atoms with Crippen LogP contribution >= 0.6 is 0 Å². The molecule has 0 saturated carbocycles. The Morgan fingerprint density at radius 1 is 0.935 bits per heavy atom. The molecule has 1 aromatic carbocycles. The third kappa shape index (κ3) is 4.95. The number of aromatic nitrogens is 5. The van der Waals surface area contributed by atoms with Gasteiger partial charge in [-0.1, -0.05) is 6.07 Å². The Kier molecular flexibility index (Phi) is 6.02. The highest BCUT2D eigenvalue weighted by atomic mass is 19.1.